The van der Waals surface area contributed by atoms with Gasteiger partial charge in [0.15, 0.2) is 8.68 Å². The minimum absolute atomic E-state index is 0.0409. The first-order valence-electron chi connectivity index (χ1n) is 5.45. The molecular weight excluding hydrogens is 341 g/mol. The lowest BCUT2D eigenvalue weighted by Gasteiger charge is -2.11. The molecule has 0 aliphatic carbocycles. The zero-order valence-electron chi connectivity index (χ0n) is 10.6. The highest BCUT2D eigenvalue weighted by Crippen LogP contribution is 2.27. The van der Waals surface area contributed by atoms with Crippen molar-refractivity contribution >= 4 is 44.6 Å². The number of aromatic nitrogens is 1. The van der Waals surface area contributed by atoms with Crippen molar-refractivity contribution in [3.63, 3.8) is 0 Å². The van der Waals surface area contributed by atoms with E-state index in [0.717, 1.165) is 23.6 Å². The van der Waals surface area contributed by atoms with Crippen molar-refractivity contribution < 1.29 is 17.6 Å². The fourth-order valence-electron chi connectivity index (χ4n) is 1.49. The first kappa shape index (κ1) is 15.7. The number of nitrogens with one attached hydrogen (secondary N) is 1. The summed E-state index contributed by atoms with van der Waals surface area (Å²) in [6.07, 6.45) is 1.08. The molecule has 112 valence electrons. The molecule has 1 amide bonds. The number of thiazole rings is 1. The van der Waals surface area contributed by atoms with E-state index in [0.29, 0.717) is 0 Å². The fourth-order valence-corrected chi connectivity index (χ4v) is 3.89. The molecule has 0 saturated heterocycles. The molecule has 0 aliphatic heterocycles. The molecule has 0 unspecified atom stereocenters. The second kappa shape index (κ2) is 5.58. The topological polar surface area (TPSA) is 102 Å². The van der Waals surface area contributed by atoms with E-state index in [9.17, 15) is 17.6 Å². The van der Waals surface area contributed by atoms with Crippen LogP contribution >= 0.6 is 22.9 Å². The van der Waals surface area contributed by atoms with E-state index in [1.165, 1.54) is 13.0 Å². The van der Waals surface area contributed by atoms with Crippen LogP contribution in [-0.2, 0) is 10.0 Å². The van der Waals surface area contributed by atoms with E-state index in [1.807, 2.05) is 0 Å². The molecule has 0 bridgehead atoms. The van der Waals surface area contributed by atoms with Gasteiger partial charge in [0.25, 0.3) is 10.0 Å². The third-order valence-electron chi connectivity index (χ3n) is 2.59. The predicted octanol–water partition coefficient (Wildman–Crippen LogP) is 2.14. The average molecular weight is 350 g/mol. The van der Waals surface area contributed by atoms with Gasteiger partial charge in [-0.25, -0.2) is 17.8 Å². The minimum Gasteiger partial charge on any atom is -0.366 e. The van der Waals surface area contributed by atoms with E-state index in [-0.39, 0.29) is 25.5 Å². The SMILES string of the molecule is Cc1c(F)cc(C(N)=O)cc1NS(=O)(=O)c1cnc(Cl)s1. The Kier molecular flexibility index (Phi) is 4.17. The molecule has 0 atom stereocenters. The van der Waals surface area contributed by atoms with Crippen molar-refractivity contribution in [2.45, 2.75) is 11.1 Å². The van der Waals surface area contributed by atoms with Gasteiger partial charge in [-0.05, 0) is 19.1 Å². The lowest BCUT2D eigenvalue weighted by molar-refractivity contribution is 0.1000. The number of nitrogens with two attached hydrogens (primary N) is 1. The number of halogens is 2. The van der Waals surface area contributed by atoms with Gasteiger partial charge < -0.3 is 5.73 Å². The maximum atomic E-state index is 13.7. The second-order valence-electron chi connectivity index (χ2n) is 4.03. The molecule has 2 aromatic rings. The third-order valence-corrected chi connectivity index (χ3v) is 5.54. The Morgan fingerprint density at radius 1 is 1.48 bits per heavy atom. The lowest BCUT2D eigenvalue weighted by Crippen LogP contribution is -2.16. The van der Waals surface area contributed by atoms with Gasteiger partial charge >= 0.3 is 0 Å². The Bertz CT molecular complexity index is 820. The number of hydrogen-bond donors (Lipinski definition) is 2. The van der Waals surface area contributed by atoms with Gasteiger partial charge in [-0.15, -0.1) is 0 Å². The number of carbonyl (C=O) groups is 1. The summed E-state index contributed by atoms with van der Waals surface area (Å²) in [4.78, 5) is 14.7. The zero-order valence-corrected chi connectivity index (χ0v) is 12.9. The quantitative estimate of drug-likeness (QED) is 0.882. The highest BCUT2D eigenvalue weighted by molar-refractivity contribution is 7.94. The summed E-state index contributed by atoms with van der Waals surface area (Å²) >= 11 is 6.34. The molecule has 1 heterocycles. The number of benzene rings is 1. The molecule has 0 aliphatic rings. The standard InChI is InChI=1S/C11H9ClFN3O3S2/c1-5-7(13)2-6(10(14)17)3-8(5)16-21(18,19)9-4-15-11(12)20-9/h2-4,16H,1H3,(H2,14,17). The van der Waals surface area contributed by atoms with Crippen LogP contribution in [0.3, 0.4) is 0 Å². The van der Waals surface area contributed by atoms with Crippen LogP contribution in [0, 0.1) is 12.7 Å². The summed E-state index contributed by atoms with van der Waals surface area (Å²) < 4.78 is 40.1. The first-order chi connectivity index (χ1) is 9.70. The van der Waals surface area contributed by atoms with Crippen LogP contribution < -0.4 is 10.5 Å². The van der Waals surface area contributed by atoms with Crippen molar-refractivity contribution in [1.82, 2.24) is 4.98 Å². The molecular formula is C11H9ClFN3O3S2. The summed E-state index contributed by atoms with van der Waals surface area (Å²) in [6.45, 7) is 1.37. The van der Waals surface area contributed by atoms with Crippen LogP contribution in [0.5, 0.6) is 0 Å². The number of hydrogen-bond acceptors (Lipinski definition) is 5. The number of rotatable bonds is 4. The molecule has 1 aromatic carbocycles. The molecule has 0 radical (unpaired) electrons. The highest BCUT2D eigenvalue weighted by Gasteiger charge is 2.20. The lowest BCUT2D eigenvalue weighted by atomic mass is 10.1. The second-order valence-corrected chi connectivity index (χ2v) is 7.55. The molecule has 0 spiro atoms. The summed E-state index contributed by atoms with van der Waals surface area (Å²) in [6, 6.07) is 2.11. The van der Waals surface area contributed by atoms with Crippen LogP contribution in [0.4, 0.5) is 10.1 Å². The van der Waals surface area contributed by atoms with Gasteiger partial charge in [-0.1, -0.05) is 22.9 Å². The number of nitrogens with zero attached hydrogens (tertiary/aromatic N) is 1. The van der Waals surface area contributed by atoms with Gasteiger partial charge in [-0.3, -0.25) is 9.52 Å². The maximum absolute atomic E-state index is 13.7. The first-order valence-corrected chi connectivity index (χ1v) is 8.12. The maximum Gasteiger partial charge on any atom is 0.273 e. The minimum atomic E-state index is -3.97. The van der Waals surface area contributed by atoms with Crippen LogP contribution in [0.15, 0.2) is 22.5 Å². The monoisotopic (exact) mass is 349 g/mol. The zero-order chi connectivity index (χ0) is 15.8. The Labute approximate surface area is 128 Å². The fraction of sp³-hybridized carbons (Fsp3) is 0.0909. The molecule has 21 heavy (non-hydrogen) atoms. The number of anilines is 1. The predicted molar refractivity (Wildman–Crippen MR) is 77.6 cm³/mol. The number of amides is 1. The Hall–Kier alpha value is -1.71. The Balaban J connectivity index is 2.46. The summed E-state index contributed by atoms with van der Waals surface area (Å²) in [5, 5.41) is 0. The Morgan fingerprint density at radius 2 is 2.14 bits per heavy atom. The average Bonchev–Trinajstić information content (AvgIpc) is 2.81. The largest absolute Gasteiger partial charge is 0.366 e. The van der Waals surface area contributed by atoms with Gasteiger partial charge in [0.1, 0.15) is 5.82 Å². The molecule has 1 aromatic heterocycles. The number of primary amides is 1. The van der Waals surface area contributed by atoms with Crippen molar-refractivity contribution in [2.24, 2.45) is 5.73 Å². The van der Waals surface area contributed by atoms with Crippen molar-refractivity contribution in [2.75, 3.05) is 4.72 Å². The van der Waals surface area contributed by atoms with Crippen LogP contribution in [0.2, 0.25) is 4.47 Å². The summed E-state index contributed by atoms with van der Waals surface area (Å²) in [7, 11) is -3.97. The van der Waals surface area contributed by atoms with Gasteiger partial charge in [-0.2, -0.15) is 0 Å². The molecule has 6 nitrogen and oxygen atoms in total. The van der Waals surface area contributed by atoms with Gasteiger partial charge in [0.05, 0.1) is 11.9 Å². The van der Waals surface area contributed by atoms with Crippen molar-refractivity contribution in [3.05, 3.63) is 39.7 Å². The highest BCUT2D eigenvalue weighted by atomic mass is 35.5. The van der Waals surface area contributed by atoms with Crippen molar-refractivity contribution in [3.8, 4) is 0 Å². The van der Waals surface area contributed by atoms with Crippen LogP contribution in [-0.4, -0.2) is 19.3 Å². The summed E-state index contributed by atoms with van der Waals surface area (Å²) in [5.74, 6) is -1.61. The van der Waals surface area contributed by atoms with Crippen LogP contribution in [0.25, 0.3) is 0 Å². The van der Waals surface area contributed by atoms with Crippen LogP contribution in [0.1, 0.15) is 15.9 Å². The van der Waals surface area contributed by atoms with E-state index in [2.05, 4.69) is 9.71 Å². The third kappa shape index (κ3) is 3.31. The van der Waals surface area contributed by atoms with Gasteiger partial charge in [0, 0.05) is 11.1 Å². The van der Waals surface area contributed by atoms with E-state index >= 15 is 0 Å². The van der Waals surface area contributed by atoms with E-state index in [4.69, 9.17) is 17.3 Å². The van der Waals surface area contributed by atoms with Crippen molar-refractivity contribution in [1.29, 1.82) is 0 Å². The molecule has 0 fully saturated rings. The normalized spacial score (nSPS) is 11.4. The molecule has 10 heteroatoms. The molecule has 2 rings (SSSR count). The van der Waals surface area contributed by atoms with E-state index in [1.54, 1.807) is 0 Å². The summed E-state index contributed by atoms with van der Waals surface area (Å²) in [5.41, 5.74) is 4.90. The van der Waals surface area contributed by atoms with E-state index < -0.39 is 21.7 Å². The smallest absolute Gasteiger partial charge is 0.273 e. The number of sulfonamides is 1. The van der Waals surface area contributed by atoms with Gasteiger partial charge in [0.2, 0.25) is 5.91 Å². The Morgan fingerprint density at radius 3 is 2.67 bits per heavy atom. The molecule has 0 saturated carbocycles. The molecule has 3 N–H and O–H groups in total. The number of carbonyl (C=O) groups excluding carboxylic acids is 1.